The van der Waals surface area contributed by atoms with E-state index in [1.807, 2.05) is 7.05 Å². The van der Waals surface area contributed by atoms with Crippen molar-refractivity contribution in [3.8, 4) is 0 Å². The molecule has 6 heteroatoms. The van der Waals surface area contributed by atoms with Crippen LogP contribution in [-0.2, 0) is 14.8 Å². The van der Waals surface area contributed by atoms with Crippen LogP contribution >= 0.6 is 0 Å². The second-order valence-electron chi connectivity index (χ2n) is 3.60. The quantitative estimate of drug-likeness (QED) is 0.552. The molecule has 0 aromatic rings. The average Bonchev–Trinajstić information content (AvgIpc) is 2.12. The Balaban J connectivity index is 3.76. The second-order valence-corrected chi connectivity index (χ2v) is 5.48. The van der Waals surface area contributed by atoms with Gasteiger partial charge in [0, 0.05) is 13.2 Å². The van der Waals surface area contributed by atoms with Gasteiger partial charge in [-0.2, -0.15) is 0 Å². The van der Waals surface area contributed by atoms with Gasteiger partial charge < -0.3 is 10.1 Å². The minimum atomic E-state index is -3.14. The van der Waals surface area contributed by atoms with Gasteiger partial charge in [0.15, 0.2) is 0 Å². The van der Waals surface area contributed by atoms with Gasteiger partial charge in [-0.05, 0) is 33.4 Å². The molecule has 1 unspecified atom stereocenters. The van der Waals surface area contributed by atoms with Crippen LogP contribution in [0.5, 0.6) is 0 Å². The van der Waals surface area contributed by atoms with Crippen molar-refractivity contribution in [1.29, 1.82) is 0 Å². The van der Waals surface area contributed by atoms with E-state index in [4.69, 9.17) is 4.74 Å². The summed E-state index contributed by atoms with van der Waals surface area (Å²) in [5.74, 6) is 0.183. The van der Waals surface area contributed by atoms with Crippen molar-refractivity contribution < 1.29 is 13.2 Å². The van der Waals surface area contributed by atoms with Crippen molar-refractivity contribution >= 4 is 10.0 Å². The molecule has 2 N–H and O–H groups in total. The maximum Gasteiger partial charge on any atom is 0.211 e. The molecule has 0 spiro atoms. The molecular formula is C9H22N2O3S. The summed E-state index contributed by atoms with van der Waals surface area (Å²) in [7, 11) is 0.267. The summed E-state index contributed by atoms with van der Waals surface area (Å²) >= 11 is 0. The van der Waals surface area contributed by atoms with Crippen molar-refractivity contribution in [1.82, 2.24) is 10.0 Å². The van der Waals surface area contributed by atoms with Crippen LogP contribution in [0.3, 0.4) is 0 Å². The first kappa shape index (κ1) is 14.8. The highest BCUT2D eigenvalue weighted by Gasteiger charge is 2.13. The van der Waals surface area contributed by atoms with Crippen molar-refractivity contribution in [2.45, 2.75) is 25.8 Å². The van der Waals surface area contributed by atoms with Crippen LogP contribution in [0.1, 0.15) is 19.8 Å². The van der Waals surface area contributed by atoms with Crippen LogP contribution in [0.15, 0.2) is 0 Å². The molecule has 0 saturated carbocycles. The first-order valence-electron chi connectivity index (χ1n) is 5.15. The molecule has 0 aromatic carbocycles. The Kier molecular flexibility index (Phi) is 7.95. The van der Waals surface area contributed by atoms with E-state index in [0.717, 1.165) is 13.0 Å². The van der Waals surface area contributed by atoms with E-state index in [0.29, 0.717) is 13.0 Å². The molecule has 1 atom stereocenters. The van der Waals surface area contributed by atoms with Crippen molar-refractivity contribution in [3.63, 3.8) is 0 Å². The lowest BCUT2D eigenvalue weighted by Crippen LogP contribution is -2.37. The topological polar surface area (TPSA) is 67.4 Å². The van der Waals surface area contributed by atoms with Crippen molar-refractivity contribution in [3.05, 3.63) is 0 Å². The number of hydrogen-bond donors (Lipinski definition) is 2. The molecule has 92 valence electrons. The van der Waals surface area contributed by atoms with Crippen LogP contribution in [-0.4, -0.2) is 47.5 Å². The monoisotopic (exact) mass is 238 g/mol. The van der Waals surface area contributed by atoms with Gasteiger partial charge in [0.1, 0.15) is 0 Å². The predicted molar refractivity (Wildman–Crippen MR) is 61.4 cm³/mol. The highest BCUT2D eigenvalue weighted by atomic mass is 32.2. The van der Waals surface area contributed by atoms with Crippen LogP contribution in [0.2, 0.25) is 0 Å². The smallest absolute Gasteiger partial charge is 0.211 e. The van der Waals surface area contributed by atoms with E-state index in [9.17, 15) is 8.42 Å². The van der Waals surface area contributed by atoms with Gasteiger partial charge in [-0.1, -0.05) is 0 Å². The molecule has 0 heterocycles. The van der Waals surface area contributed by atoms with Crippen LogP contribution in [0.25, 0.3) is 0 Å². The van der Waals surface area contributed by atoms with Gasteiger partial charge in [0.25, 0.3) is 0 Å². The molecule has 0 aliphatic carbocycles. The third kappa shape index (κ3) is 8.80. The number of sulfonamides is 1. The lowest BCUT2D eigenvalue weighted by atomic mass is 10.3. The fourth-order valence-corrected chi connectivity index (χ4v) is 2.63. The lowest BCUT2D eigenvalue weighted by molar-refractivity contribution is 0.180. The van der Waals surface area contributed by atoms with E-state index in [1.165, 1.54) is 0 Å². The number of hydrogen-bond acceptors (Lipinski definition) is 4. The highest BCUT2D eigenvalue weighted by Crippen LogP contribution is 1.96. The van der Waals surface area contributed by atoms with E-state index >= 15 is 0 Å². The third-order valence-electron chi connectivity index (χ3n) is 1.89. The molecule has 0 amide bonds. The summed E-state index contributed by atoms with van der Waals surface area (Å²) in [5.41, 5.74) is 0. The predicted octanol–water partition coefficient (Wildman–Crippen LogP) is -0.0597. The van der Waals surface area contributed by atoms with Gasteiger partial charge in [0.2, 0.25) is 10.0 Å². The van der Waals surface area contributed by atoms with Crippen LogP contribution in [0, 0.1) is 0 Å². The summed E-state index contributed by atoms with van der Waals surface area (Å²) in [5, 5.41) is 2.98. The van der Waals surface area contributed by atoms with Crippen LogP contribution in [0.4, 0.5) is 0 Å². The third-order valence-corrected chi connectivity index (χ3v) is 3.47. The Hall–Kier alpha value is -0.170. The standard InChI is InChI=1S/C9H22N2O3S/c1-9(8-14-3)11-15(12,13)7-5-4-6-10-2/h9-11H,4-8H2,1-3H3. The summed E-state index contributed by atoms with van der Waals surface area (Å²) in [6.07, 6.45) is 1.55. The summed E-state index contributed by atoms with van der Waals surface area (Å²) in [6, 6.07) is -0.163. The summed E-state index contributed by atoms with van der Waals surface area (Å²) in [6.45, 7) is 3.04. The van der Waals surface area contributed by atoms with E-state index in [2.05, 4.69) is 10.0 Å². The number of nitrogens with one attached hydrogen (secondary N) is 2. The number of methoxy groups -OCH3 is 1. The maximum absolute atomic E-state index is 11.5. The molecule has 0 rings (SSSR count). The Morgan fingerprint density at radius 2 is 2.00 bits per heavy atom. The molecule has 0 aromatic heterocycles. The van der Waals surface area contributed by atoms with Gasteiger partial charge in [-0.15, -0.1) is 0 Å². The minimum absolute atomic E-state index is 0.163. The fourth-order valence-electron chi connectivity index (χ4n) is 1.24. The molecular weight excluding hydrogens is 216 g/mol. The Morgan fingerprint density at radius 1 is 1.33 bits per heavy atom. The zero-order valence-corrected chi connectivity index (χ0v) is 10.6. The van der Waals surface area contributed by atoms with Gasteiger partial charge in [-0.3, -0.25) is 0 Å². The molecule has 0 aliphatic heterocycles. The average molecular weight is 238 g/mol. The van der Waals surface area contributed by atoms with Gasteiger partial charge >= 0.3 is 0 Å². The number of ether oxygens (including phenoxy) is 1. The zero-order chi connectivity index (χ0) is 11.7. The maximum atomic E-state index is 11.5. The Morgan fingerprint density at radius 3 is 2.53 bits per heavy atom. The largest absolute Gasteiger partial charge is 0.383 e. The normalized spacial score (nSPS) is 14.1. The zero-order valence-electron chi connectivity index (χ0n) is 9.75. The Labute approximate surface area is 92.6 Å². The van der Waals surface area contributed by atoms with Crippen LogP contribution < -0.4 is 10.0 Å². The van der Waals surface area contributed by atoms with Gasteiger partial charge in [-0.25, -0.2) is 13.1 Å². The van der Waals surface area contributed by atoms with E-state index in [-0.39, 0.29) is 11.8 Å². The summed E-state index contributed by atoms with van der Waals surface area (Å²) < 4.78 is 30.4. The molecule has 0 saturated heterocycles. The molecule has 0 bridgehead atoms. The number of unbranched alkanes of at least 4 members (excludes halogenated alkanes) is 1. The molecule has 5 nitrogen and oxygen atoms in total. The first-order valence-corrected chi connectivity index (χ1v) is 6.80. The highest BCUT2D eigenvalue weighted by molar-refractivity contribution is 7.89. The second kappa shape index (κ2) is 8.04. The molecule has 0 fully saturated rings. The molecule has 0 aliphatic rings. The lowest BCUT2D eigenvalue weighted by Gasteiger charge is -2.12. The fraction of sp³-hybridized carbons (Fsp3) is 1.00. The number of rotatable bonds is 9. The first-order chi connectivity index (χ1) is 7.02. The van der Waals surface area contributed by atoms with E-state index in [1.54, 1.807) is 14.0 Å². The van der Waals surface area contributed by atoms with E-state index < -0.39 is 10.0 Å². The SMILES string of the molecule is CNCCCCS(=O)(=O)NC(C)COC. The summed E-state index contributed by atoms with van der Waals surface area (Å²) in [4.78, 5) is 0. The van der Waals surface area contributed by atoms with Crippen molar-refractivity contribution in [2.24, 2.45) is 0 Å². The van der Waals surface area contributed by atoms with Gasteiger partial charge in [0.05, 0.1) is 12.4 Å². The molecule has 15 heavy (non-hydrogen) atoms. The van der Waals surface area contributed by atoms with Crippen molar-refractivity contribution in [2.75, 3.05) is 33.1 Å². The minimum Gasteiger partial charge on any atom is -0.383 e. The Bertz CT molecular complexity index is 242. The molecule has 0 radical (unpaired) electrons.